The molecule has 0 amide bonds. The summed E-state index contributed by atoms with van der Waals surface area (Å²) in [5.41, 5.74) is 7.52. The van der Waals surface area contributed by atoms with E-state index in [1.54, 1.807) is 0 Å². The van der Waals surface area contributed by atoms with E-state index >= 15 is 0 Å². The Morgan fingerprint density at radius 2 is 1.96 bits per heavy atom. The van der Waals surface area contributed by atoms with Crippen LogP contribution in [0, 0.1) is 5.41 Å². The van der Waals surface area contributed by atoms with Gasteiger partial charge >= 0.3 is 5.97 Å². The van der Waals surface area contributed by atoms with E-state index in [4.69, 9.17) is 4.74 Å². The zero-order valence-electron chi connectivity index (χ0n) is 15.5. The van der Waals surface area contributed by atoms with Gasteiger partial charge in [-0.25, -0.2) is 0 Å². The fourth-order valence-electron chi connectivity index (χ4n) is 4.12. The minimum Gasteiger partial charge on any atom is -0.466 e. The first kappa shape index (κ1) is 18.4. The maximum absolute atomic E-state index is 12.8. The first-order chi connectivity index (χ1) is 12.1. The molecule has 25 heavy (non-hydrogen) atoms. The van der Waals surface area contributed by atoms with Crippen molar-refractivity contribution in [2.24, 2.45) is 5.41 Å². The zero-order valence-corrected chi connectivity index (χ0v) is 15.5. The van der Waals surface area contributed by atoms with Gasteiger partial charge in [0.1, 0.15) is 0 Å². The van der Waals surface area contributed by atoms with Crippen molar-refractivity contribution in [3.8, 4) is 0 Å². The second-order valence-electron chi connectivity index (χ2n) is 7.59. The van der Waals surface area contributed by atoms with Crippen LogP contribution in [0.4, 0.5) is 0 Å². The number of likely N-dealkylation sites (tertiary alicyclic amines) is 1. The molecule has 138 valence electrons. The van der Waals surface area contributed by atoms with Crippen LogP contribution in [0.25, 0.3) is 0 Å². The van der Waals surface area contributed by atoms with E-state index in [1.807, 2.05) is 25.1 Å². The van der Waals surface area contributed by atoms with Gasteiger partial charge in [-0.2, -0.15) is 0 Å². The van der Waals surface area contributed by atoms with Crippen LogP contribution in [-0.2, 0) is 16.0 Å². The van der Waals surface area contributed by atoms with Crippen LogP contribution in [0.2, 0.25) is 0 Å². The Morgan fingerprint density at radius 1 is 1.24 bits per heavy atom. The standard InChI is InChI=1S/C20H31N3O2/c1-3-25-19(24)20(14-17-7-5-4-6-8-17)9-11-23(12-10-20)15-18-13-16(2)21-22-18/h4-8,16,18,21-22H,3,9-15H2,1-2H3. The molecule has 0 radical (unpaired) electrons. The molecule has 3 rings (SSSR count). The zero-order chi connectivity index (χ0) is 17.7. The molecule has 2 unspecified atom stereocenters. The molecule has 2 fully saturated rings. The van der Waals surface area contributed by atoms with Crippen LogP contribution in [0.5, 0.6) is 0 Å². The summed E-state index contributed by atoms with van der Waals surface area (Å²) in [5, 5.41) is 0. The Labute approximate surface area is 151 Å². The molecule has 1 aromatic carbocycles. The smallest absolute Gasteiger partial charge is 0.312 e. The molecular formula is C20H31N3O2. The number of nitrogens with one attached hydrogen (secondary N) is 2. The van der Waals surface area contributed by atoms with Gasteiger partial charge in [-0.3, -0.25) is 15.6 Å². The summed E-state index contributed by atoms with van der Waals surface area (Å²) in [5.74, 6) is -0.0206. The molecule has 0 spiro atoms. The fraction of sp³-hybridized carbons (Fsp3) is 0.650. The molecule has 2 aliphatic heterocycles. The van der Waals surface area contributed by atoms with Gasteiger partial charge in [0.15, 0.2) is 0 Å². The first-order valence-electron chi connectivity index (χ1n) is 9.56. The first-order valence-corrected chi connectivity index (χ1v) is 9.56. The third kappa shape index (κ3) is 4.60. The number of carbonyl (C=O) groups excluding carboxylic acids is 1. The Hall–Kier alpha value is -1.43. The molecule has 0 aromatic heterocycles. The number of esters is 1. The Balaban J connectivity index is 1.63. The van der Waals surface area contributed by atoms with Crippen LogP contribution in [-0.4, -0.2) is 49.2 Å². The number of hydrogen-bond acceptors (Lipinski definition) is 5. The second-order valence-corrected chi connectivity index (χ2v) is 7.59. The quantitative estimate of drug-likeness (QED) is 0.774. The summed E-state index contributed by atoms with van der Waals surface area (Å²) in [6, 6.07) is 11.4. The number of benzene rings is 1. The van der Waals surface area contributed by atoms with E-state index in [0.29, 0.717) is 18.7 Å². The second kappa shape index (κ2) is 8.30. The number of hydrogen-bond donors (Lipinski definition) is 2. The van der Waals surface area contributed by atoms with Gasteiger partial charge in [0.05, 0.1) is 12.0 Å². The SMILES string of the molecule is CCOC(=O)C1(Cc2ccccc2)CCN(CC2CC(C)NN2)CC1. The monoisotopic (exact) mass is 345 g/mol. The topological polar surface area (TPSA) is 53.6 Å². The van der Waals surface area contributed by atoms with Gasteiger partial charge in [0, 0.05) is 18.6 Å². The molecule has 1 aromatic rings. The van der Waals surface area contributed by atoms with Crippen molar-refractivity contribution < 1.29 is 9.53 Å². The van der Waals surface area contributed by atoms with Crippen molar-refractivity contribution in [3.05, 3.63) is 35.9 Å². The van der Waals surface area contributed by atoms with E-state index in [-0.39, 0.29) is 11.4 Å². The average molecular weight is 345 g/mol. The molecular weight excluding hydrogens is 314 g/mol. The van der Waals surface area contributed by atoms with E-state index in [2.05, 4.69) is 34.8 Å². The minimum atomic E-state index is -0.373. The highest BCUT2D eigenvalue weighted by atomic mass is 16.5. The van der Waals surface area contributed by atoms with Crippen molar-refractivity contribution in [2.75, 3.05) is 26.2 Å². The number of rotatable bonds is 6. The van der Waals surface area contributed by atoms with Crippen LogP contribution in [0.15, 0.2) is 30.3 Å². The summed E-state index contributed by atoms with van der Waals surface area (Å²) in [7, 11) is 0. The molecule has 0 bridgehead atoms. The summed E-state index contributed by atoms with van der Waals surface area (Å²) in [6.07, 6.45) is 3.68. The minimum absolute atomic E-state index is 0.0206. The van der Waals surface area contributed by atoms with Gasteiger partial charge < -0.3 is 9.64 Å². The lowest BCUT2D eigenvalue weighted by molar-refractivity contribution is -0.158. The van der Waals surface area contributed by atoms with Crippen LogP contribution >= 0.6 is 0 Å². The van der Waals surface area contributed by atoms with Crippen molar-refractivity contribution >= 4 is 5.97 Å². The van der Waals surface area contributed by atoms with Crippen LogP contribution in [0.3, 0.4) is 0 Å². The number of hydrazine groups is 1. The normalized spacial score (nSPS) is 26.5. The highest BCUT2D eigenvalue weighted by Gasteiger charge is 2.43. The van der Waals surface area contributed by atoms with E-state index < -0.39 is 0 Å². The lowest BCUT2D eigenvalue weighted by Crippen LogP contribution is -2.49. The number of nitrogens with zero attached hydrogens (tertiary/aromatic N) is 1. The molecule has 2 aliphatic rings. The van der Waals surface area contributed by atoms with Gasteiger partial charge in [0.25, 0.3) is 0 Å². The largest absolute Gasteiger partial charge is 0.466 e. The summed E-state index contributed by atoms with van der Waals surface area (Å²) in [6.45, 7) is 7.50. The van der Waals surface area contributed by atoms with Crippen molar-refractivity contribution in [3.63, 3.8) is 0 Å². The number of piperidine rings is 1. The van der Waals surface area contributed by atoms with Crippen molar-refractivity contribution in [1.29, 1.82) is 0 Å². The van der Waals surface area contributed by atoms with Gasteiger partial charge in [-0.05, 0) is 58.2 Å². The van der Waals surface area contributed by atoms with Gasteiger partial charge in [0.2, 0.25) is 0 Å². The maximum Gasteiger partial charge on any atom is 0.312 e. The maximum atomic E-state index is 12.8. The molecule has 5 nitrogen and oxygen atoms in total. The molecule has 0 saturated carbocycles. The third-order valence-corrected chi connectivity index (χ3v) is 5.56. The van der Waals surface area contributed by atoms with Crippen molar-refractivity contribution in [2.45, 2.75) is 51.6 Å². The Kier molecular flexibility index (Phi) is 6.10. The number of carbonyl (C=O) groups is 1. The summed E-state index contributed by atoms with van der Waals surface area (Å²) >= 11 is 0. The highest BCUT2D eigenvalue weighted by Crippen LogP contribution is 2.37. The lowest BCUT2D eigenvalue weighted by atomic mass is 9.73. The summed E-state index contributed by atoms with van der Waals surface area (Å²) in [4.78, 5) is 15.2. The molecule has 2 N–H and O–H groups in total. The fourth-order valence-corrected chi connectivity index (χ4v) is 4.12. The van der Waals surface area contributed by atoms with E-state index in [1.165, 1.54) is 5.56 Å². The summed E-state index contributed by atoms with van der Waals surface area (Å²) < 4.78 is 5.46. The predicted molar refractivity (Wildman–Crippen MR) is 99.0 cm³/mol. The van der Waals surface area contributed by atoms with E-state index in [9.17, 15) is 4.79 Å². The van der Waals surface area contributed by atoms with Crippen LogP contribution < -0.4 is 10.9 Å². The lowest BCUT2D eigenvalue weighted by Gasteiger charge is -2.40. The van der Waals surface area contributed by atoms with Crippen LogP contribution in [0.1, 0.15) is 38.7 Å². The molecule has 2 saturated heterocycles. The molecule has 5 heteroatoms. The third-order valence-electron chi connectivity index (χ3n) is 5.56. The molecule has 2 atom stereocenters. The van der Waals surface area contributed by atoms with Crippen molar-refractivity contribution in [1.82, 2.24) is 15.8 Å². The number of ether oxygens (including phenoxy) is 1. The predicted octanol–water partition coefficient (Wildman–Crippen LogP) is 2.13. The highest BCUT2D eigenvalue weighted by molar-refractivity contribution is 5.77. The Bertz CT molecular complexity index is 555. The Morgan fingerprint density at radius 3 is 2.56 bits per heavy atom. The average Bonchev–Trinajstić information content (AvgIpc) is 3.03. The molecule has 2 heterocycles. The van der Waals surface area contributed by atoms with Gasteiger partial charge in [-0.1, -0.05) is 30.3 Å². The van der Waals surface area contributed by atoms with Gasteiger partial charge in [-0.15, -0.1) is 0 Å². The molecule has 0 aliphatic carbocycles. The van der Waals surface area contributed by atoms with E-state index in [0.717, 1.165) is 45.3 Å².